The molecule has 7 nitrogen and oxygen atoms in total. The summed E-state index contributed by atoms with van der Waals surface area (Å²) in [6.07, 6.45) is 6.63. The molecule has 37 heavy (non-hydrogen) atoms. The first-order chi connectivity index (χ1) is 18.0. The second-order valence-electron chi connectivity index (χ2n) is 9.52. The van der Waals surface area contributed by atoms with E-state index in [1.807, 2.05) is 38.2 Å². The Balaban J connectivity index is 1.36. The zero-order valence-electron chi connectivity index (χ0n) is 21.0. The van der Waals surface area contributed by atoms with E-state index in [4.69, 9.17) is 0 Å². The molecule has 4 N–H and O–H groups in total. The van der Waals surface area contributed by atoms with Crippen molar-refractivity contribution in [3.05, 3.63) is 83.0 Å². The number of aromatic amines is 1. The van der Waals surface area contributed by atoms with E-state index in [2.05, 4.69) is 55.8 Å². The van der Waals surface area contributed by atoms with Crippen molar-refractivity contribution in [3.8, 4) is 21.6 Å². The van der Waals surface area contributed by atoms with E-state index in [1.54, 1.807) is 23.6 Å². The van der Waals surface area contributed by atoms with Crippen LogP contribution in [0.25, 0.3) is 21.6 Å². The maximum Gasteiger partial charge on any atom is 0.252 e. The molecule has 1 aliphatic rings. The van der Waals surface area contributed by atoms with Gasteiger partial charge in [0.15, 0.2) is 0 Å². The van der Waals surface area contributed by atoms with Gasteiger partial charge in [-0.3, -0.25) is 14.7 Å². The molecule has 2 aromatic heterocycles. The molecule has 1 unspecified atom stereocenters. The summed E-state index contributed by atoms with van der Waals surface area (Å²) in [4.78, 5) is 27.2. The summed E-state index contributed by atoms with van der Waals surface area (Å²) in [7, 11) is 0. The summed E-state index contributed by atoms with van der Waals surface area (Å²) in [5, 5.41) is 18.4. The minimum atomic E-state index is -0.234. The summed E-state index contributed by atoms with van der Waals surface area (Å²) in [5.74, 6) is -0.233. The van der Waals surface area contributed by atoms with Crippen molar-refractivity contribution in [2.24, 2.45) is 0 Å². The fraction of sp³-hybridized carbons (Fsp3) is 0.276. The lowest BCUT2D eigenvalue weighted by atomic mass is 9.97. The molecular formula is C29H31N5O2S. The molecule has 190 valence electrons. The molecule has 4 aromatic rings. The van der Waals surface area contributed by atoms with Gasteiger partial charge in [0.05, 0.1) is 18.3 Å². The molecule has 5 rings (SSSR count). The van der Waals surface area contributed by atoms with E-state index in [0.29, 0.717) is 11.3 Å². The number of carbonyl (C=O) groups excluding carboxylic acids is 2. The maximum absolute atomic E-state index is 13.4. The van der Waals surface area contributed by atoms with Gasteiger partial charge >= 0.3 is 0 Å². The van der Waals surface area contributed by atoms with Gasteiger partial charge in [0.1, 0.15) is 0 Å². The van der Waals surface area contributed by atoms with Gasteiger partial charge in [-0.25, -0.2) is 0 Å². The second kappa shape index (κ2) is 11.1. The zero-order valence-corrected chi connectivity index (χ0v) is 21.8. The van der Waals surface area contributed by atoms with Crippen LogP contribution in [0.1, 0.15) is 53.7 Å². The van der Waals surface area contributed by atoms with Gasteiger partial charge in [-0.2, -0.15) is 5.10 Å². The van der Waals surface area contributed by atoms with Crippen LogP contribution in [0.5, 0.6) is 0 Å². The van der Waals surface area contributed by atoms with E-state index in [1.165, 1.54) is 0 Å². The Morgan fingerprint density at radius 2 is 1.95 bits per heavy atom. The van der Waals surface area contributed by atoms with Crippen LogP contribution in [0, 0.1) is 6.92 Å². The first kappa shape index (κ1) is 24.9. The normalized spacial score (nSPS) is 16.2. The summed E-state index contributed by atoms with van der Waals surface area (Å²) < 4.78 is 0. The third-order valence-corrected chi connectivity index (χ3v) is 7.74. The fourth-order valence-electron chi connectivity index (χ4n) is 4.67. The number of rotatable bonds is 7. The van der Waals surface area contributed by atoms with E-state index < -0.39 is 0 Å². The van der Waals surface area contributed by atoms with E-state index in [9.17, 15) is 9.59 Å². The molecule has 2 aromatic carbocycles. The number of H-pyrrole nitrogens is 1. The molecule has 0 radical (unpaired) electrons. The smallest absolute Gasteiger partial charge is 0.252 e. The number of carbonyl (C=O) groups is 2. The third kappa shape index (κ3) is 5.81. The van der Waals surface area contributed by atoms with Crippen molar-refractivity contribution >= 4 is 28.8 Å². The van der Waals surface area contributed by atoms with E-state index >= 15 is 0 Å². The monoisotopic (exact) mass is 513 g/mol. The van der Waals surface area contributed by atoms with Gasteiger partial charge in [0.2, 0.25) is 5.91 Å². The van der Waals surface area contributed by atoms with Crippen molar-refractivity contribution in [3.63, 3.8) is 0 Å². The van der Waals surface area contributed by atoms with Crippen molar-refractivity contribution in [1.29, 1.82) is 0 Å². The van der Waals surface area contributed by atoms with Gasteiger partial charge in [-0.15, -0.1) is 11.3 Å². The van der Waals surface area contributed by atoms with Crippen molar-refractivity contribution in [1.82, 2.24) is 20.8 Å². The minimum Gasteiger partial charge on any atom is -0.346 e. The number of hydrogen-bond donors (Lipinski definition) is 4. The van der Waals surface area contributed by atoms with Gasteiger partial charge in [-0.05, 0) is 97.3 Å². The molecule has 1 saturated heterocycles. The van der Waals surface area contributed by atoms with Crippen LogP contribution in [0.15, 0.2) is 66.3 Å². The molecule has 0 spiro atoms. The summed E-state index contributed by atoms with van der Waals surface area (Å²) in [6.45, 7) is 4.75. The fourth-order valence-corrected chi connectivity index (χ4v) is 5.38. The number of thiophene rings is 1. The highest BCUT2D eigenvalue weighted by atomic mass is 32.1. The molecule has 0 bridgehead atoms. The van der Waals surface area contributed by atoms with Crippen LogP contribution in [0.3, 0.4) is 0 Å². The average molecular weight is 514 g/mol. The predicted molar refractivity (Wildman–Crippen MR) is 149 cm³/mol. The molecule has 2 amide bonds. The number of benzene rings is 2. The number of nitrogens with zero attached hydrogens (tertiary/aromatic N) is 1. The number of amides is 2. The van der Waals surface area contributed by atoms with E-state index in [-0.39, 0.29) is 23.9 Å². The number of aromatic nitrogens is 2. The highest BCUT2D eigenvalue weighted by Crippen LogP contribution is 2.32. The minimum absolute atomic E-state index is 0.0551. The largest absolute Gasteiger partial charge is 0.346 e. The number of anilines is 1. The van der Waals surface area contributed by atoms with Crippen molar-refractivity contribution in [2.75, 3.05) is 11.9 Å². The zero-order chi connectivity index (χ0) is 25.8. The van der Waals surface area contributed by atoms with Gasteiger partial charge in [0.25, 0.3) is 5.91 Å². The highest BCUT2D eigenvalue weighted by Gasteiger charge is 2.21. The molecule has 1 aliphatic heterocycles. The van der Waals surface area contributed by atoms with Crippen molar-refractivity contribution in [2.45, 2.75) is 45.2 Å². The number of hydrogen-bond acceptors (Lipinski definition) is 5. The molecule has 8 heteroatoms. The number of nitrogens with one attached hydrogen (secondary N) is 4. The summed E-state index contributed by atoms with van der Waals surface area (Å²) in [5.41, 5.74) is 6.15. The molecule has 0 saturated carbocycles. The number of piperidine rings is 1. The Bertz CT molecular complexity index is 1320. The van der Waals surface area contributed by atoms with Crippen LogP contribution < -0.4 is 16.0 Å². The Kier molecular flexibility index (Phi) is 7.48. The lowest BCUT2D eigenvalue weighted by Crippen LogP contribution is -2.43. The summed E-state index contributed by atoms with van der Waals surface area (Å²) >= 11 is 1.68. The Morgan fingerprint density at radius 1 is 1.08 bits per heavy atom. The van der Waals surface area contributed by atoms with Gasteiger partial charge in [0, 0.05) is 27.9 Å². The molecule has 1 fully saturated rings. The maximum atomic E-state index is 13.4. The van der Waals surface area contributed by atoms with Crippen LogP contribution in [0.2, 0.25) is 0 Å². The van der Waals surface area contributed by atoms with Crippen LogP contribution >= 0.6 is 11.3 Å². The topological polar surface area (TPSA) is 98.9 Å². The first-order valence-electron chi connectivity index (χ1n) is 12.6. The molecular weight excluding hydrogens is 482 g/mol. The number of aryl methyl sites for hydroxylation is 1. The average Bonchev–Trinajstić information content (AvgIpc) is 3.65. The Hall–Kier alpha value is -3.75. The highest BCUT2D eigenvalue weighted by molar-refractivity contribution is 7.13. The van der Waals surface area contributed by atoms with Crippen LogP contribution in [-0.2, 0) is 4.79 Å². The summed E-state index contributed by atoms with van der Waals surface area (Å²) in [6, 6.07) is 15.6. The first-order valence-corrected chi connectivity index (χ1v) is 13.5. The van der Waals surface area contributed by atoms with Crippen LogP contribution in [-0.4, -0.2) is 34.6 Å². The second-order valence-corrected chi connectivity index (χ2v) is 10.5. The van der Waals surface area contributed by atoms with Crippen LogP contribution in [0.4, 0.5) is 5.69 Å². The predicted octanol–water partition coefficient (Wildman–Crippen LogP) is 5.69. The lowest BCUT2D eigenvalue weighted by Gasteiger charge is -2.23. The SMILES string of the molecule is Cc1ccc(NC(=O)[C@H]2CCCCN2)cc1C(=O)NC(C)c1cc(-c2cn[nH]c2)cc(-c2cccs2)c1. The molecule has 2 atom stereocenters. The van der Waals surface area contributed by atoms with E-state index in [0.717, 1.165) is 58.5 Å². The Morgan fingerprint density at radius 3 is 2.68 bits per heavy atom. The quantitative estimate of drug-likeness (QED) is 0.255. The molecule has 3 heterocycles. The molecule has 0 aliphatic carbocycles. The Labute approximate surface area is 220 Å². The standard InChI is InChI=1S/C29H31N5O2S/c1-18-8-9-24(34-29(36)26-6-3-4-10-30-26)15-25(18)28(35)33-19(2)20-12-21(23-16-31-32-17-23)14-22(13-20)27-7-5-11-37-27/h5,7-9,11-17,19,26,30H,3-4,6,10H2,1-2H3,(H,31,32)(H,33,35)(H,34,36)/t19?,26-/m1/s1. The van der Waals surface area contributed by atoms with Gasteiger partial charge < -0.3 is 16.0 Å². The van der Waals surface area contributed by atoms with Crippen molar-refractivity contribution < 1.29 is 9.59 Å². The van der Waals surface area contributed by atoms with Gasteiger partial charge in [-0.1, -0.05) is 18.6 Å². The lowest BCUT2D eigenvalue weighted by molar-refractivity contribution is -0.118. The third-order valence-electron chi connectivity index (χ3n) is 6.82.